The third-order valence-electron chi connectivity index (χ3n) is 4.46. The Bertz CT molecular complexity index is 513. The average Bonchev–Trinajstić information content (AvgIpc) is 2.34. The predicted molar refractivity (Wildman–Crippen MR) is 73.8 cm³/mol. The SMILES string of the molecule is Cc1ccc(F)c(C2(O)CC3CCCC(C2)S3=O)c1. The molecule has 0 saturated carbocycles. The molecule has 1 aromatic carbocycles. The molecule has 2 heterocycles. The second-order valence-corrected chi connectivity index (χ2v) is 7.92. The van der Waals surface area contributed by atoms with Gasteiger partial charge in [0, 0.05) is 26.9 Å². The fourth-order valence-corrected chi connectivity index (χ4v) is 5.72. The van der Waals surface area contributed by atoms with Crippen molar-refractivity contribution in [1.29, 1.82) is 0 Å². The Morgan fingerprint density at radius 3 is 2.58 bits per heavy atom. The quantitative estimate of drug-likeness (QED) is 0.860. The summed E-state index contributed by atoms with van der Waals surface area (Å²) in [6.07, 6.45) is 3.71. The van der Waals surface area contributed by atoms with E-state index in [0.717, 1.165) is 24.8 Å². The molecular formula is C15H19FO2S. The Hall–Kier alpha value is -0.740. The standard InChI is InChI=1S/C15H19FO2S/c1-10-5-6-14(16)13(7-10)15(17)8-11-3-2-4-12(9-15)19(11)18/h5-7,11-12,17H,2-4,8-9H2,1H3. The van der Waals surface area contributed by atoms with E-state index >= 15 is 0 Å². The minimum atomic E-state index is -1.14. The van der Waals surface area contributed by atoms with Crippen molar-refractivity contribution in [2.75, 3.05) is 0 Å². The zero-order valence-corrected chi connectivity index (χ0v) is 11.9. The molecule has 2 fully saturated rings. The molecule has 2 aliphatic rings. The maximum absolute atomic E-state index is 14.0. The summed E-state index contributed by atoms with van der Waals surface area (Å²) in [5.74, 6) is -0.348. The zero-order valence-electron chi connectivity index (χ0n) is 11.1. The number of aryl methyl sites for hydroxylation is 1. The maximum atomic E-state index is 14.0. The van der Waals surface area contributed by atoms with E-state index in [1.165, 1.54) is 6.07 Å². The lowest BCUT2D eigenvalue weighted by Gasteiger charge is -2.43. The summed E-state index contributed by atoms with van der Waals surface area (Å²) in [7, 11) is -0.851. The Balaban J connectivity index is 1.99. The molecule has 0 aliphatic carbocycles. The Kier molecular flexibility index (Phi) is 3.26. The molecule has 3 rings (SSSR count). The normalized spacial score (nSPS) is 38.2. The highest BCUT2D eigenvalue weighted by atomic mass is 32.2. The first-order chi connectivity index (χ1) is 8.99. The van der Waals surface area contributed by atoms with Crippen LogP contribution in [0.5, 0.6) is 0 Å². The van der Waals surface area contributed by atoms with Gasteiger partial charge in [-0.05, 0) is 38.7 Å². The number of halogens is 1. The maximum Gasteiger partial charge on any atom is 0.129 e. The van der Waals surface area contributed by atoms with Crippen molar-refractivity contribution in [3.05, 3.63) is 35.1 Å². The molecule has 2 aliphatic heterocycles. The largest absolute Gasteiger partial charge is 0.385 e. The van der Waals surface area contributed by atoms with Crippen LogP contribution in [0.4, 0.5) is 4.39 Å². The van der Waals surface area contributed by atoms with Gasteiger partial charge < -0.3 is 5.11 Å². The first kappa shape index (κ1) is 13.3. The fraction of sp³-hybridized carbons (Fsp3) is 0.600. The third kappa shape index (κ3) is 2.25. The molecule has 19 heavy (non-hydrogen) atoms. The van der Waals surface area contributed by atoms with Crippen molar-refractivity contribution >= 4 is 10.8 Å². The number of benzene rings is 1. The summed E-state index contributed by atoms with van der Waals surface area (Å²) < 4.78 is 26.2. The Morgan fingerprint density at radius 1 is 1.32 bits per heavy atom. The molecular weight excluding hydrogens is 263 g/mol. The summed E-state index contributed by atoms with van der Waals surface area (Å²) >= 11 is 0. The van der Waals surface area contributed by atoms with E-state index in [1.807, 2.05) is 6.92 Å². The number of fused-ring (bicyclic) bond motifs is 2. The van der Waals surface area contributed by atoms with E-state index in [-0.39, 0.29) is 16.3 Å². The highest BCUT2D eigenvalue weighted by Gasteiger charge is 2.47. The van der Waals surface area contributed by atoms with Crippen molar-refractivity contribution in [2.24, 2.45) is 0 Å². The van der Waals surface area contributed by atoms with Crippen LogP contribution in [-0.4, -0.2) is 19.8 Å². The van der Waals surface area contributed by atoms with Crippen LogP contribution in [0.1, 0.15) is 43.2 Å². The second-order valence-electron chi connectivity index (χ2n) is 5.93. The van der Waals surface area contributed by atoms with Crippen molar-refractivity contribution in [1.82, 2.24) is 0 Å². The Labute approximate surface area is 115 Å². The lowest BCUT2D eigenvalue weighted by Crippen LogP contribution is -2.47. The van der Waals surface area contributed by atoms with Gasteiger partial charge in [-0.2, -0.15) is 0 Å². The van der Waals surface area contributed by atoms with Gasteiger partial charge in [0.05, 0.1) is 5.60 Å². The smallest absolute Gasteiger partial charge is 0.129 e. The van der Waals surface area contributed by atoms with Crippen LogP contribution in [0, 0.1) is 12.7 Å². The molecule has 0 aromatic heterocycles. The minimum Gasteiger partial charge on any atom is -0.385 e. The second kappa shape index (κ2) is 4.67. The highest BCUT2D eigenvalue weighted by molar-refractivity contribution is 7.86. The predicted octanol–water partition coefficient (Wildman–Crippen LogP) is 2.79. The molecule has 1 aromatic rings. The first-order valence-corrected chi connectivity index (χ1v) is 8.15. The van der Waals surface area contributed by atoms with Crippen LogP contribution in [0.3, 0.4) is 0 Å². The molecule has 2 atom stereocenters. The van der Waals surface area contributed by atoms with Crippen molar-refractivity contribution < 1.29 is 13.7 Å². The molecule has 2 saturated heterocycles. The van der Waals surface area contributed by atoms with E-state index in [1.54, 1.807) is 12.1 Å². The fourth-order valence-electron chi connectivity index (χ4n) is 3.50. The zero-order chi connectivity index (χ0) is 13.6. The van der Waals surface area contributed by atoms with Crippen molar-refractivity contribution in [3.8, 4) is 0 Å². The monoisotopic (exact) mass is 282 g/mol. The summed E-state index contributed by atoms with van der Waals surface area (Å²) in [4.78, 5) is 0. The number of hydrogen-bond acceptors (Lipinski definition) is 2. The number of aliphatic hydroxyl groups is 1. The lowest BCUT2D eigenvalue weighted by atomic mass is 9.80. The minimum absolute atomic E-state index is 0.0254. The van der Waals surface area contributed by atoms with Crippen LogP contribution in [0.25, 0.3) is 0 Å². The van der Waals surface area contributed by atoms with Crippen molar-refractivity contribution in [3.63, 3.8) is 0 Å². The van der Waals surface area contributed by atoms with E-state index in [4.69, 9.17) is 0 Å². The van der Waals surface area contributed by atoms with E-state index in [9.17, 15) is 13.7 Å². The van der Waals surface area contributed by atoms with Gasteiger partial charge in [0.2, 0.25) is 0 Å². The molecule has 2 unspecified atom stereocenters. The van der Waals surface area contributed by atoms with Crippen LogP contribution >= 0.6 is 0 Å². The van der Waals surface area contributed by atoms with Crippen LogP contribution in [0.15, 0.2) is 18.2 Å². The van der Waals surface area contributed by atoms with Gasteiger partial charge in [-0.25, -0.2) is 4.39 Å². The van der Waals surface area contributed by atoms with Gasteiger partial charge in [0.15, 0.2) is 0 Å². The topological polar surface area (TPSA) is 37.3 Å². The summed E-state index contributed by atoms with van der Waals surface area (Å²) in [6, 6.07) is 4.87. The first-order valence-electron chi connectivity index (χ1n) is 6.88. The van der Waals surface area contributed by atoms with Gasteiger partial charge in [-0.1, -0.05) is 24.1 Å². The third-order valence-corrected chi connectivity index (χ3v) is 6.58. The van der Waals surface area contributed by atoms with Gasteiger partial charge in [-0.3, -0.25) is 4.21 Å². The summed E-state index contributed by atoms with van der Waals surface area (Å²) in [5, 5.41) is 10.9. The van der Waals surface area contributed by atoms with Gasteiger partial charge in [-0.15, -0.1) is 0 Å². The van der Waals surface area contributed by atoms with Gasteiger partial charge in [0.25, 0.3) is 0 Å². The molecule has 0 spiro atoms. The van der Waals surface area contributed by atoms with E-state index in [2.05, 4.69) is 0 Å². The summed E-state index contributed by atoms with van der Waals surface area (Å²) in [5.41, 5.74) is 0.197. The number of rotatable bonds is 1. The molecule has 2 bridgehead atoms. The molecule has 0 radical (unpaired) electrons. The molecule has 104 valence electrons. The lowest BCUT2D eigenvalue weighted by molar-refractivity contribution is 0.00332. The van der Waals surface area contributed by atoms with Crippen LogP contribution < -0.4 is 0 Å². The van der Waals surface area contributed by atoms with Gasteiger partial charge >= 0.3 is 0 Å². The van der Waals surface area contributed by atoms with Gasteiger partial charge in [0.1, 0.15) is 5.82 Å². The summed E-state index contributed by atoms with van der Waals surface area (Å²) in [6.45, 7) is 1.90. The average molecular weight is 282 g/mol. The highest BCUT2D eigenvalue weighted by Crippen LogP contribution is 2.45. The molecule has 2 nitrogen and oxygen atoms in total. The molecule has 0 amide bonds. The number of hydrogen-bond donors (Lipinski definition) is 1. The Morgan fingerprint density at radius 2 is 1.95 bits per heavy atom. The van der Waals surface area contributed by atoms with Crippen LogP contribution in [0.2, 0.25) is 0 Å². The van der Waals surface area contributed by atoms with Crippen LogP contribution in [-0.2, 0) is 16.4 Å². The van der Waals surface area contributed by atoms with Crippen molar-refractivity contribution in [2.45, 2.75) is 55.1 Å². The van der Waals surface area contributed by atoms with E-state index < -0.39 is 16.4 Å². The molecule has 4 heteroatoms. The van der Waals surface area contributed by atoms with E-state index in [0.29, 0.717) is 18.4 Å². The molecule has 1 N–H and O–H groups in total.